The van der Waals surface area contributed by atoms with Crippen LogP contribution < -0.4 is 4.74 Å². The van der Waals surface area contributed by atoms with Crippen molar-refractivity contribution in [3.05, 3.63) is 16.7 Å². The number of halogens is 1. The lowest BCUT2D eigenvalue weighted by Crippen LogP contribution is -2.27. The summed E-state index contributed by atoms with van der Waals surface area (Å²) in [4.78, 5) is 4.16. The van der Waals surface area contributed by atoms with Crippen LogP contribution in [0.25, 0.3) is 0 Å². The molecular weight excluding hydrogens is 308 g/mol. The first kappa shape index (κ1) is 12.8. The molecule has 0 atom stereocenters. The molecule has 0 aromatic carbocycles. The topological polar surface area (TPSA) is 59.5 Å². The van der Waals surface area contributed by atoms with Crippen molar-refractivity contribution in [3.63, 3.8) is 0 Å². The molecule has 1 fully saturated rings. The smallest absolute Gasteiger partial charge is 0.244 e. The number of rotatable bonds is 3. The van der Waals surface area contributed by atoms with Gasteiger partial charge in [-0.25, -0.2) is 13.4 Å². The number of ether oxygens (including phenoxy) is 1. The van der Waals surface area contributed by atoms with E-state index in [-0.39, 0.29) is 4.90 Å². The van der Waals surface area contributed by atoms with Gasteiger partial charge in [0.1, 0.15) is 4.90 Å². The Morgan fingerprint density at radius 3 is 2.59 bits per heavy atom. The van der Waals surface area contributed by atoms with Gasteiger partial charge in [-0.1, -0.05) is 0 Å². The van der Waals surface area contributed by atoms with E-state index in [1.165, 1.54) is 23.7 Å². The molecule has 0 spiro atoms. The molecule has 0 amide bonds. The van der Waals surface area contributed by atoms with E-state index in [9.17, 15) is 8.42 Å². The van der Waals surface area contributed by atoms with Crippen molar-refractivity contribution >= 4 is 26.0 Å². The van der Waals surface area contributed by atoms with Gasteiger partial charge < -0.3 is 4.74 Å². The molecule has 1 aromatic heterocycles. The predicted molar refractivity (Wildman–Crippen MR) is 66.5 cm³/mol. The fraction of sp³-hybridized carbons (Fsp3) is 0.500. The Morgan fingerprint density at radius 2 is 2.06 bits per heavy atom. The summed E-state index contributed by atoms with van der Waals surface area (Å²) in [5, 5.41) is 0. The second-order valence-corrected chi connectivity index (χ2v) is 6.57. The minimum atomic E-state index is -3.40. The molecule has 1 aromatic rings. The van der Waals surface area contributed by atoms with E-state index in [4.69, 9.17) is 4.74 Å². The van der Waals surface area contributed by atoms with E-state index in [1.54, 1.807) is 0 Å². The Bertz CT molecular complexity index is 512. The number of hydrogen-bond donors (Lipinski definition) is 0. The van der Waals surface area contributed by atoms with Crippen LogP contribution in [0.4, 0.5) is 0 Å². The SMILES string of the molecule is COc1ncc(S(=O)(=O)N2CCCC2)cc1Br. The minimum Gasteiger partial charge on any atom is -0.480 e. The zero-order valence-corrected chi connectivity index (χ0v) is 11.8. The highest BCUT2D eigenvalue weighted by molar-refractivity contribution is 9.10. The summed E-state index contributed by atoms with van der Waals surface area (Å²) in [6, 6.07) is 1.53. The van der Waals surface area contributed by atoms with Crippen molar-refractivity contribution in [2.45, 2.75) is 17.7 Å². The zero-order chi connectivity index (χ0) is 12.5. The van der Waals surface area contributed by atoms with Crippen LogP contribution >= 0.6 is 15.9 Å². The third-order valence-electron chi connectivity index (χ3n) is 2.68. The third-order valence-corrected chi connectivity index (χ3v) is 5.11. The lowest BCUT2D eigenvalue weighted by atomic mass is 10.4. The summed E-state index contributed by atoms with van der Waals surface area (Å²) in [5.41, 5.74) is 0. The Kier molecular flexibility index (Phi) is 3.70. The molecule has 94 valence electrons. The van der Waals surface area contributed by atoms with Crippen LogP contribution in [-0.4, -0.2) is 37.9 Å². The maximum absolute atomic E-state index is 12.2. The molecular formula is C10H13BrN2O3S. The summed E-state index contributed by atoms with van der Waals surface area (Å²) in [6.45, 7) is 1.18. The van der Waals surface area contributed by atoms with Crippen LogP contribution in [0.2, 0.25) is 0 Å². The predicted octanol–water partition coefficient (Wildman–Crippen LogP) is 1.64. The molecule has 0 bridgehead atoms. The van der Waals surface area contributed by atoms with Gasteiger partial charge in [-0.3, -0.25) is 0 Å². The van der Waals surface area contributed by atoms with E-state index in [0.29, 0.717) is 23.4 Å². The summed E-state index contributed by atoms with van der Waals surface area (Å²) in [6.07, 6.45) is 3.17. The molecule has 0 aliphatic carbocycles. The van der Waals surface area contributed by atoms with Gasteiger partial charge in [-0.15, -0.1) is 0 Å². The standard InChI is InChI=1S/C10H13BrN2O3S/c1-16-10-9(11)6-8(7-12-10)17(14,15)13-4-2-3-5-13/h6-7H,2-5H2,1H3. The lowest BCUT2D eigenvalue weighted by molar-refractivity contribution is 0.394. The van der Waals surface area contributed by atoms with E-state index in [0.717, 1.165) is 12.8 Å². The quantitative estimate of drug-likeness (QED) is 0.849. The van der Waals surface area contributed by atoms with E-state index >= 15 is 0 Å². The van der Waals surface area contributed by atoms with Crippen molar-refractivity contribution in [1.29, 1.82) is 0 Å². The van der Waals surface area contributed by atoms with Gasteiger partial charge in [-0.05, 0) is 34.8 Å². The van der Waals surface area contributed by atoms with Crippen molar-refractivity contribution in [2.24, 2.45) is 0 Å². The van der Waals surface area contributed by atoms with Gasteiger partial charge in [-0.2, -0.15) is 4.31 Å². The van der Waals surface area contributed by atoms with E-state index in [2.05, 4.69) is 20.9 Å². The zero-order valence-electron chi connectivity index (χ0n) is 9.39. The van der Waals surface area contributed by atoms with Crippen molar-refractivity contribution < 1.29 is 13.2 Å². The molecule has 2 heterocycles. The molecule has 0 unspecified atom stereocenters. The largest absolute Gasteiger partial charge is 0.480 e. The fourth-order valence-corrected chi connectivity index (χ4v) is 3.93. The molecule has 0 radical (unpaired) electrons. The highest BCUT2D eigenvalue weighted by Gasteiger charge is 2.28. The molecule has 1 saturated heterocycles. The minimum absolute atomic E-state index is 0.201. The number of methoxy groups -OCH3 is 1. The van der Waals surface area contributed by atoms with Crippen molar-refractivity contribution in [3.8, 4) is 5.88 Å². The fourth-order valence-electron chi connectivity index (χ4n) is 1.78. The van der Waals surface area contributed by atoms with Gasteiger partial charge in [0.15, 0.2) is 0 Å². The van der Waals surface area contributed by atoms with Gasteiger partial charge in [0.25, 0.3) is 0 Å². The van der Waals surface area contributed by atoms with Crippen molar-refractivity contribution in [2.75, 3.05) is 20.2 Å². The molecule has 7 heteroatoms. The van der Waals surface area contributed by atoms with Crippen LogP contribution in [0, 0.1) is 0 Å². The van der Waals surface area contributed by atoms with Crippen LogP contribution in [0.15, 0.2) is 21.6 Å². The Labute approximate surface area is 109 Å². The van der Waals surface area contributed by atoms with Gasteiger partial charge in [0, 0.05) is 13.1 Å². The number of aromatic nitrogens is 1. The molecule has 0 saturated carbocycles. The second kappa shape index (κ2) is 4.91. The highest BCUT2D eigenvalue weighted by atomic mass is 79.9. The molecule has 1 aliphatic rings. The highest BCUT2D eigenvalue weighted by Crippen LogP contribution is 2.27. The number of pyridine rings is 1. The average molecular weight is 321 g/mol. The maximum Gasteiger partial charge on any atom is 0.244 e. The van der Waals surface area contributed by atoms with Crippen LogP contribution in [0.1, 0.15) is 12.8 Å². The third kappa shape index (κ3) is 2.46. The molecule has 5 nitrogen and oxygen atoms in total. The van der Waals surface area contributed by atoms with Crippen molar-refractivity contribution in [1.82, 2.24) is 9.29 Å². The maximum atomic E-state index is 12.2. The number of sulfonamides is 1. The van der Waals surface area contributed by atoms with E-state index < -0.39 is 10.0 Å². The van der Waals surface area contributed by atoms with Gasteiger partial charge >= 0.3 is 0 Å². The Morgan fingerprint density at radius 1 is 1.41 bits per heavy atom. The Hall–Kier alpha value is -0.660. The van der Waals surface area contributed by atoms with Crippen LogP contribution in [0.3, 0.4) is 0 Å². The van der Waals surface area contributed by atoms with Gasteiger partial charge in [0.05, 0.1) is 17.8 Å². The van der Waals surface area contributed by atoms with Gasteiger partial charge in [0.2, 0.25) is 15.9 Å². The van der Waals surface area contributed by atoms with E-state index in [1.807, 2.05) is 0 Å². The summed E-state index contributed by atoms with van der Waals surface area (Å²) >= 11 is 3.24. The molecule has 0 N–H and O–H groups in total. The number of nitrogens with zero attached hydrogens (tertiary/aromatic N) is 2. The summed E-state index contributed by atoms with van der Waals surface area (Å²) in [7, 11) is -1.91. The first-order valence-electron chi connectivity index (χ1n) is 5.25. The summed E-state index contributed by atoms with van der Waals surface area (Å²) in [5.74, 6) is 0.380. The molecule has 1 aliphatic heterocycles. The average Bonchev–Trinajstić information content (AvgIpc) is 2.83. The first-order valence-corrected chi connectivity index (χ1v) is 7.48. The molecule has 2 rings (SSSR count). The second-order valence-electron chi connectivity index (χ2n) is 3.77. The molecule has 17 heavy (non-hydrogen) atoms. The van der Waals surface area contributed by atoms with Crippen LogP contribution in [-0.2, 0) is 10.0 Å². The normalized spacial score (nSPS) is 17.3. The first-order chi connectivity index (χ1) is 8.05. The Balaban J connectivity index is 2.36. The summed E-state index contributed by atoms with van der Waals surface area (Å²) < 4.78 is 31.4. The number of hydrogen-bond acceptors (Lipinski definition) is 4. The lowest BCUT2D eigenvalue weighted by Gasteiger charge is -2.15. The monoisotopic (exact) mass is 320 g/mol. The van der Waals surface area contributed by atoms with Crippen LogP contribution in [0.5, 0.6) is 5.88 Å².